The highest BCUT2D eigenvalue weighted by Crippen LogP contribution is 2.14. The second-order valence-electron chi connectivity index (χ2n) is 4.42. The monoisotopic (exact) mass is 361 g/mol. The molecule has 0 aromatic heterocycles. The van der Waals surface area contributed by atoms with E-state index in [1.807, 2.05) is 24.3 Å². The standard InChI is InChI=1S/C16H12BrNO4/c17-14-3-1-2-12(10-14)6-9-16(19)22-11-13-4-7-15(8-5-13)18(20)21/h1-10H,11H2/b9-6+. The van der Waals surface area contributed by atoms with Crippen LogP contribution in [0.2, 0.25) is 0 Å². The zero-order valence-corrected chi connectivity index (χ0v) is 13.0. The van der Waals surface area contributed by atoms with E-state index in [2.05, 4.69) is 15.9 Å². The number of halogens is 1. The lowest BCUT2D eigenvalue weighted by Gasteiger charge is -2.02. The van der Waals surface area contributed by atoms with Crippen LogP contribution < -0.4 is 0 Å². The number of esters is 1. The van der Waals surface area contributed by atoms with Gasteiger partial charge in [-0.05, 0) is 41.5 Å². The van der Waals surface area contributed by atoms with Gasteiger partial charge in [-0.25, -0.2) is 4.79 Å². The second-order valence-corrected chi connectivity index (χ2v) is 5.34. The summed E-state index contributed by atoms with van der Waals surface area (Å²) in [5, 5.41) is 10.5. The lowest BCUT2D eigenvalue weighted by atomic mass is 10.2. The normalized spacial score (nSPS) is 10.6. The van der Waals surface area contributed by atoms with E-state index in [4.69, 9.17) is 4.74 Å². The van der Waals surface area contributed by atoms with Gasteiger partial charge in [0.2, 0.25) is 0 Å². The molecule has 0 unspecified atom stereocenters. The lowest BCUT2D eigenvalue weighted by molar-refractivity contribution is -0.384. The van der Waals surface area contributed by atoms with E-state index in [0.717, 1.165) is 10.0 Å². The van der Waals surface area contributed by atoms with Crippen molar-refractivity contribution in [1.82, 2.24) is 0 Å². The molecule has 112 valence electrons. The molecule has 0 aliphatic carbocycles. The van der Waals surface area contributed by atoms with Crippen molar-refractivity contribution in [3.05, 3.63) is 80.3 Å². The molecule has 0 amide bonds. The number of benzene rings is 2. The predicted octanol–water partition coefficient (Wildman–Crippen LogP) is 4.11. The Hall–Kier alpha value is -2.47. The fraction of sp³-hybridized carbons (Fsp3) is 0.0625. The third-order valence-corrected chi connectivity index (χ3v) is 3.28. The zero-order valence-electron chi connectivity index (χ0n) is 11.4. The molecule has 0 saturated carbocycles. The average Bonchev–Trinajstić information content (AvgIpc) is 2.51. The van der Waals surface area contributed by atoms with Crippen LogP contribution in [0, 0.1) is 10.1 Å². The molecule has 22 heavy (non-hydrogen) atoms. The molecular weight excluding hydrogens is 350 g/mol. The molecule has 0 fully saturated rings. The molecule has 2 rings (SSSR count). The van der Waals surface area contributed by atoms with Gasteiger partial charge >= 0.3 is 5.97 Å². The van der Waals surface area contributed by atoms with Crippen LogP contribution in [0.5, 0.6) is 0 Å². The molecule has 0 aliphatic heterocycles. The number of carbonyl (C=O) groups is 1. The van der Waals surface area contributed by atoms with E-state index in [1.165, 1.54) is 18.2 Å². The van der Waals surface area contributed by atoms with E-state index in [-0.39, 0.29) is 12.3 Å². The molecule has 0 N–H and O–H groups in total. The van der Waals surface area contributed by atoms with Crippen LogP contribution in [-0.4, -0.2) is 10.9 Å². The maximum atomic E-state index is 11.6. The molecular formula is C16H12BrNO4. The topological polar surface area (TPSA) is 69.4 Å². The fourth-order valence-electron chi connectivity index (χ4n) is 1.69. The largest absolute Gasteiger partial charge is 0.458 e. The zero-order chi connectivity index (χ0) is 15.9. The number of nitro groups is 1. The lowest BCUT2D eigenvalue weighted by Crippen LogP contribution is -2.00. The number of non-ortho nitro benzene ring substituents is 1. The van der Waals surface area contributed by atoms with Crippen LogP contribution in [0.15, 0.2) is 59.1 Å². The highest BCUT2D eigenvalue weighted by atomic mass is 79.9. The number of ether oxygens (including phenoxy) is 1. The van der Waals surface area contributed by atoms with Gasteiger partial charge in [-0.2, -0.15) is 0 Å². The van der Waals surface area contributed by atoms with Crippen LogP contribution in [0.25, 0.3) is 6.08 Å². The first-order valence-electron chi connectivity index (χ1n) is 6.38. The van der Waals surface area contributed by atoms with E-state index in [9.17, 15) is 14.9 Å². The molecule has 2 aromatic carbocycles. The first-order chi connectivity index (χ1) is 10.5. The summed E-state index contributed by atoms with van der Waals surface area (Å²) in [4.78, 5) is 21.7. The number of rotatable bonds is 5. The summed E-state index contributed by atoms with van der Waals surface area (Å²) < 4.78 is 6.00. The van der Waals surface area contributed by atoms with Gasteiger partial charge in [0.05, 0.1) is 4.92 Å². The Morgan fingerprint density at radius 2 is 1.95 bits per heavy atom. The van der Waals surface area contributed by atoms with Crippen molar-refractivity contribution < 1.29 is 14.5 Å². The van der Waals surface area contributed by atoms with Gasteiger partial charge in [-0.3, -0.25) is 10.1 Å². The van der Waals surface area contributed by atoms with Crippen molar-refractivity contribution in [3.63, 3.8) is 0 Å². The van der Waals surface area contributed by atoms with Crippen molar-refractivity contribution in [1.29, 1.82) is 0 Å². The first-order valence-corrected chi connectivity index (χ1v) is 7.17. The van der Waals surface area contributed by atoms with Gasteiger partial charge in [0.15, 0.2) is 0 Å². The third kappa shape index (κ3) is 4.82. The summed E-state index contributed by atoms with van der Waals surface area (Å²) in [5.41, 5.74) is 1.57. The number of nitro benzene ring substituents is 1. The molecule has 2 aromatic rings. The first kappa shape index (κ1) is 15.9. The van der Waals surface area contributed by atoms with E-state index in [1.54, 1.807) is 18.2 Å². The van der Waals surface area contributed by atoms with Crippen molar-refractivity contribution in [2.75, 3.05) is 0 Å². The van der Waals surface area contributed by atoms with Crippen molar-refractivity contribution in [2.24, 2.45) is 0 Å². The van der Waals surface area contributed by atoms with Gasteiger partial charge in [-0.1, -0.05) is 28.1 Å². The van der Waals surface area contributed by atoms with E-state index < -0.39 is 10.9 Å². The van der Waals surface area contributed by atoms with Gasteiger partial charge in [0.1, 0.15) is 6.61 Å². The van der Waals surface area contributed by atoms with Crippen molar-refractivity contribution >= 4 is 33.7 Å². The van der Waals surface area contributed by atoms with Gasteiger partial charge in [0, 0.05) is 22.7 Å². The Morgan fingerprint density at radius 3 is 2.59 bits per heavy atom. The number of hydrogen-bond donors (Lipinski definition) is 0. The van der Waals surface area contributed by atoms with E-state index >= 15 is 0 Å². The SMILES string of the molecule is O=C(/C=C/c1cccc(Br)c1)OCc1ccc([N+](=O)[O-])cc1. The maximum absolute atomic E-state index is 11.6. The van der Waals surface area contributed by atoms with Crippen LogP contribution in [0.1, 0.15) is 11.1 Å². The van der Waals surface area contributed by atoms with Crippen LogP contribution in [-0.2, 0) is 16.1 Å². The smallest absolute Gasteiger partial charge is 0.331 e. The van der Waals surface area contributed by atoms with Gasteiger partial charge in [-0.15, -0.1) is 0 Å². The second kappa shape index (κ2) is 7.51. The summed E-state index contributed by atoms with van der Waals surface area (Å²) >= 11 is 3.35. The molecule has 5 nitrogen and oxygen atoms in total. The minimum Gasteiger partial charge on any atom is -0.458 e. The third-order valence-electron chi connectivity index (χ3n) is 2.79. The minimum atomic E-state index is -0.476. The molecule has 0 heterocycles. The highest BCUT2D eigenvalue weighted by molar-refractivity contribution is 9.10. The molecule has 0 spiro atoms. The maximum Gasteiger partial charge on any atom is 0.331 e. The molecule has 0 bridgehead atoms. The molecule has 0 radical (unpaired) electrons. The minimum absolute atomic E-state index is 0.00428. The Kier molecular flexibility index (Phi) is 5.43. The quantitative estimate of drug-likeness (QED) is 0.347. The summed E-state index contributed by atoms with van der Waals surface area (Å²) in [7, 11) is 0. The Morgan fingerprint density at radius 1 is 1.23 bits per heavy atom. The van der Waals surface area contributed by atoms with Gasteiger partial charge < -0.3 is 4.74 Å². The fourth-order valence-corrected chi connectivity index (χ4v) is 2.11. The van der Waals surface area contributed by atoms with Crippen LogP contribution >= 0.6 is 15.9 Å². The number of hydrogen-bond acceptors (Lipinski definition) is 4. The van der Waals surface area contributed by atoms with E-state index in [0.29, 0.717) is 5.56 Å². The summed E-state index contributed by atoms with van der Waals surface area (Å²) in [6, 6.07) is 13.4. The van der Waals surface area contributed by atoms with Crippen molar-refractivity contribution in [2.45, 2.75) is 6.61 Å². The molecule has 0 saturated heterocycles. The Balaban J connectivity index is 1.88. The Labute approximate surface area is 135 Å². The van der Waals surface area contributed by atoms with Crippen molar-refractivity contribution in [3.8, 4) is 0 Å². The van der Waals surface area contributed by atoms with Crippen LogP contribution in [0.4, 0.5) is 5.69 Å². The summed E-state index contributed by atoms with van der Waals surface area (Å²) in [6.07, 6.45) is 3.00. The molecule has 0 atom stereocenters. The van der Waals surface area contributed by atoms with Gasteiger partial charge in [0.25, 0.3) is 5.69 Å². The highest BCUT2D eigenvalue weighted by Gasteiger charge is 2.05. The Bertz CT molecular complexity index is 710. The number of nitrogens with zero attached hydrogens (tertiary/aromatic N) is 1. The summed E-state index contributed by atoms with van der Waals surface area (Å²) in [6.45, 7) is 0.0691. The molecule has 0 aliphatic rings. The molecule has 6 heteroatoms. The number of carbonyl (C=O) groups excluding carboxylic acids is 1. The summed E-state index contributed by atoms with van der Waals surface area (Å²) in [5.74, 6) is -0.474. The average molecular weight is 362 g/mol. The predicted molar refractivity (Wildman–Crippen MR) is 86.1 cm³/mol. The van der Waals surface area contributed by atoms with Crippen LogP contribution in [0.3, 0.4) is 0 Å².